The number of rotatable bonds is 12. The molecule has 1 aromatic carbocycles. The third kappa shape index (κ3) is 10.7. The van der Waals surface area contributed by atoms with Gasteiger partial charge in [-0.25, -0.2) is 4.79 Å². The van der Waals surface area contributed by atoms with Crippen molar-refractivity contribution in [2.45, 2.75) is 96.8 Å². The highest BCUT2D eigenvalue weighted by molar-refractivity contribution is 5.68. The Morgan fingerprint density at radius 2 is 1.61 bits per heavy atom. The Kier molecular flexibility index (Phi) is 11.2. The van der Waals surface area contributed by atoms with E-state index in [0.717, 1.165) is 12.0 Å². The molecule has 0 heterocycles. The van der Waals surface area contributed by atoms with E-state index in [2.05, 4.69) is 24.4 Å². The third-order valence-electron chi connectivity index (χ3n) is 4.65. The van der Waals surface area contributed by atoms with Crippen LogP contribution in [0, 0.1) is 0 Å². The highest BCUT2D eigenvalue weighted by Crippen LogP contribution is 2.13. The van der Waals surface area contributed by atoms with Crippen LogP contribution in [0.4, 0.5) is 4.79 Å². The van der Waals surface area contributed by atoms with Crippen LogP contribution in [-0.4, -0.2) is 40.7 Å². The molecular weight excluding hydrogens is 354 g/mol. The van der Waals surface area contributed by atoms with Gasteiger partial charge in [0, 0.05) is 6.42 Å². The van der Waals surface area contributed by atoms with Crippen LogP contribution in [0.15, 0.2) is 24.3 Å². The maximum Gasteiger partial charge on any atom is 0.408 e. The summed E-state index contributed by atoms with van der Waals surface area (Å²) < 4.78 is 5.18. The van der Waals surface area contributed by atoms with Crippen molar-refractivity contribution in [3.05, 3.63) is 35.4 Å². The minimum absolute atomic E-state index is 0.351. The second-order valence-corrected chi connectivity index (χ2v) is 8.54. The first kappa shape index (κ1) is 24.4. The fourth-order valence-corrected chi connectivity index (χ4v) is 3.06. The number of alkyl carbamates (subject to hydrolysis) is 1. The van der Waals surface area contributed by atoms with E-state index in [0.29, 0.717) is 6.42 Å². The molecule has 0 saturated carbocycles. The number of carbonyl (C=O) groups excluding carboxylic acids is 1. The molecule has 28 heavy (non-hydrogen) atoms. The summed E-state index contributed by atoms with van der Waals surface area (Å²) in [5.41, 5.74) is 1.66. The van der Waals surface area contributed by atoms with E-state index in [1.54, 1.807) is 20.8 Å². The average Bonchev–Trinajstić information content (AvgIpc) is 2.62. The molecular formula is C23H39NO4. The second-order valence-electron chi connectivity index (χ2n) is 8.54. The van der Waals surface area contributed by atoms with E-state index < -0.39 is 23.8 Å². The summed E-state index contributed by atoms with van der Waals surface area (Å²) in [6, 6.07) is 7.46. The first-order valence-corrected chi connectivity index (χ1v) is 10.6. The summed E-state index contributed by atoms with van der Waals surface area (Å²) in [7, 11) is 0. The van der Waals surface area contributed by atoms with Crippen molar-refractivity contribution in [1.82, 2.24) is 5.32 Å². The molecule has 1 aromatic rings. The van der Waals surface area contributed by atoms with Gasteiger partial charge in [-0.1, -0.05) is 63.3 Å². The molecule has 3 N–H and O–H groups in total. The van der Waals surface area contributed by atoms with Crippen molar-refractivity contribution >= 4 is 6.09 Å². The molecule has 5 heteroatoms. The van der Waals surface area contributed by atoms with Gasteiger partial charge in [0.25, 0.3) is 0 Å². The summed E-state index contributed by atoms with van der Waals surface area (Å²) in [4.78, 5) is 11.9. The predicted molar refractivity (Wildman–Crippen MR) is 113 cm³/mol. The Balaban J connectivity index is 2.43. The maximum absolute atomic E-state index is 11.9. The normalized spacial score (nSPS) is 13.8. The van der Waals surface area contributed by atoms with Crippen LogP contribution in [0.1, 0.15) is 77.3 Å². The largest absolute Gasteiger partial charge is 0.444 e. The second kappa shape index (κ2) is 12.8. The summed E-state index contributed by atoms with van der Waals surface area (Å²) in [6.45, 7) is 7.18. The molecule has 0 aliphatic carbocycles. The van der Waals surface area contributed by atoms with Gasteiger partial charge in [-0.05, 0) is 44.7 Å². The van der Waals surface area contributed by atoms with Crippen LogP contribution in [0.25, 0.3) is 0 Å². The fourth-order valence-electron chi connectivity index (χ4n) is 3.06. The molecule has 0 radical (unpaired) electrons. The zero-order valence-electron chi connectivity index (χ0n) is 18.0. The Morgan fingerprint density at radius 3 is 2.18 bits per heavy atom. The molecule has 0 aliphatic rings. The molecule has 0 unspecified atom stereocenters. The standard InChI is InChI=1S/C23H39NO4/c1-5-6-7-8-9-10-11-18-12-14-19(15-13-18)16-21(26)20(17-25)24-22(27)28-23(2,3)4/h12-15,20-21,25-26H,5-11,16-17H2,1-4H3,(H,24,27)/t20-,21+/m0/s1. The number of aliphatic hydroxyl groups excluding tert-OH is 2. The Morgan fingerprint density at radius 1 is 1.04 bits per heavy atom. The zero-order chi connectivity index (χ0) is 21.0. The number of ether oxygens (including phenoxy) is 1. The van der Waals surface area contributed by atoms with Gasteiger partial charge in [-0.3, -0.25) is 0 Å². The molecule has 1 rings (SSSR count). The first-order chi connectivity index (χ1) is 13.2. The van der Waals surface area contributed by atoms with E-state index in [4.69, 9.17) is 4.74 Å². The molecule has 0 bridgehead atoms. The SMILES string of the molecule is CCCCCCCCc1ccc(C[C@@H](O)[C@H](CO)NC(=O)OC(C)(C)C)cc1. The van der Waals surface area contributed by atoms with Crippen molar-refractivity contribution < 1.29 is 19.7 Å². The lowest BCUT2D eigenvalue weighted by molar-refractivity contribution is 0.0352. The summed E-state index contributed by atoms with van der Waals surface area (Å²) in [6.07, 6.45) is 7.63. The number of hydrogen-bond donors (Lipinski definition) is 3. The highest BCUT2D eigenvalue weighted by Gasteiger charge is 2.24. The lowest BCUT2D eigenvalue weighted by atomic mass is 9.99. The predicted octanol–water partition coefficient (Wildman–Crippen LogP) is 4.38. The van der Waals surface area contributed by atoms with E-state index in [9.17, 15) is 15.0 Å². The zero-order valence-corrected chi connectivity index (χ0v) is 18.0. The number of carbonyl (C=O) groups is 1. The number of nitrogens with one attached hydrogen (secondary N) is 1. The van der Waals surface area contributed by atoms with E-state index in [1.807, 2.05) is 12.1 Å². The minimum Gasteiger partial charge on any atom is -0.444 e. The van der Waals surface area contributed by atoms with E-state index in [1.165, 1.54) is 44.1 Å². The molecule has 1 amide bonds. The van der Waals surface area contributed by atoms with Gasteiger partial charge in [-0.2, -0.15) is 0 Å². The fraction of sp³-hybridized carbons (Fsp3) is 0.696. The number of hydrogen-bond acceptors (Lipinski definition) is 4. The molecule has 0 aliphatic heterocycles. The van der Waals surface area contributed by atoms with Crippen molar-refractivity contribution in [2.24, 2.45) is 0 Å². The summed E-state index contributed by atoms with van der Waals surface area (Å²) in [5, 5.41) is 22.4. The van der Waals surface area contributed by atoms with Gasteiger partial charge in [0.1, 0.15) is 5.60 Å². The molecule has 0 saturated heterocycles. The van der Waals surface area contributed by atoms with Gasteiger partial charge >= 0.3 is 6.09 Å². The number of unbranched alkanes of at least 4 members (excludes halogenated alkanes) is 5. The number of aliphatic hydroxyl groups is 2. The lowest BCUT2D eigenvalue weighted by Gasteiger charge is -2.25. The van der Waals surface area contributed by atoms with Gasteiger partial charge in [-0.15, -0.1) is 0 Å². The number of aryl methyl sites for hydroxylation is 1. The highest BCUT2D eigenvalue weighted by atomic mass is 16.6. The monoisotopic (exact) mass is 393 g/mol. The van der Waals surface area contributed by atoms with Crippen LogP contribution in [0.5, 0.6) is 0 Å². The van der Waals surface area contributed by atoms with Crippen LogP contribution in [-0.2, 0) is 17.6 Å². The quantitative estimate of drug-likeness (QED) is 0.461. The number of benzene rings is 1. The maximum atomic E-state index is 11.9. The van der Waals surface area contributed by atoms with Crippen LogP contribution >= 0.6 is 0 Å². The Bertz CT molecular complexity index is 551. The van der Waals surface area contributed by atoms with Crippen LogP contribution < -0.4 is 5.32 Å². The first-order valence-electron chi connectivity index (χ1n) is 10.6. The third-order valence-corrected chi connectivity index (χ3v) is 4.65. The lowest BCUT2D eigenvalue weighted by Crippen LogP contribution is -2.48. The number of amides is 1. The van der Waals surface area contributed by atoms with Crippen molar-refractivity contribution in [3.63, 3.8) is 0 Å². The van der Waals surface area contributed by atoms with Crippen molar-refractivity contribution in [3.8, 4) is 0 Å². The van der Waals surface area contributed by atoms with Gasteiger partial charge in [0.05, 0.1) is 18.8 Å². The van der Waals surface area contributed by atoms with E-state index >= 15 is 0 Å². The van der Waals surface area contributed by atoms with Crippen molar-refractivity contribution in [1.29, 1.82) is 0 Å². The van der Waals surface area contributed by atoms with Gasteiger partial charge < -0.3 is 20.3 Å². The van der Waals surface area contributed by atoms with Crippen LogP contribution in [0.3, 0.4) is 0 Å². The molecule has 2 atom stereocenters. The van der Waals surface area contributed by atoms with Crippen molar-refractivity contribution in [2.75, 3.05) is 6.61 Å². The Hall–Kier alpha value is -1.59. The molecule has 0 spiro atoms. The summed E-state index contributed by atoms with van der Waals surface area (Å²) >= 11 is 0. The molecule has 5 nitrogen and oxygen atoms in total. The summed E-state index contributed by atoms with van der Waals surface area (Å²) in [5.74, 6) is 0. The topological polar surface area (TPSA) is 78.8 Å². The minimum atomic E-state index is -0.887. The van der Waals surface area contributed by atoms with Crippen LogP contribution in [0.2, 0.25) is 0 Å². The van der Waals surface area contributed by atoms with Gasteiger partial charge in [0.2, 0.25) is 0 Å². The molecule has 0 aromatic heterocycles. The van der Waals surface area contributed by atoms with E-state index in [-0.39, 0.29) is 6.61 Å². The van der Waals surface area contributed by atoms with Gasteiger partial charge in [0.15, 0.2) is 0 Å². The molecule has 0 fully saturated rings. The Labute approximate surface area is 170 Å². The average molecular weight is 394 g/mol. The molecule has 160 valence electrons. The smallest absolute Gasteiger partial charge is 0.408 e.